The topological polar surface area (TPSA) is 84.2 Å². The molecule has 0 bridgehead atoms. The second-order valence-corrected chi connectivity index (χ2v) is 6.75. The Hall–Kier alpha value is -2.82. The summed E-state index contributed by atoms with van der Waals surface area (Å²) in [6.07, 6.45) is 0.270. The van der Waals surface area contributed by atoms with E-state index >= 15 is 0 Å². The molecule has 126 valence electrons. The summed E-state index contributed by atoms with van der Waals surface area (Å²) >= 11 is 0. The molecule has 4 N–H and O–H groups in total. The number of hydrogen-bond donors (Lipinski definition) is 3. The average Bonchev–Trinajstić information content (AvgIpc) is 2.48. The van der Waals surface area contributed by atoms with Crippen molar-refractivity contribution in [2.24, 2.45) is 0 Å². The molecular formula is C19H23N3O2. The quantitative estimate of drug-likeness (QED) is 0.756. The van der Waals surface area contributed by atoms with E-state index in [4.69, 9.17) is 5.73 Å². The van der Waals surface area contributed by atoms with Gasteiger partial charge in [0.15, 0.2) is 0 Å². The summed E-state index contributed by atoms with van der Waals surface area (Å²) in [5.74, 6) is -0.256. The summed E-state index contributed by atoms with van der Waals surface area (Å²) in [4.78, 5) is 24.1. The minimum atomic E-state index is -0.289. The second-order valence-electron chi connectivity index (χ2n) is 6.75. The maximum atomic E-state index is 12.1. The van der Waals surface area contributed by atoms with Crippen molar-refractivity contribution >= 4 is 23.2 Å². The summed E-state index contributed by atoms with van der Waals surface area (Å²) < 4.78 is 0. The molecule has 0 aromatic heterocycles. The lowest BCUT2D eigenvalue weighted by atomic mass is 10.1. The van der Waals surface area contributed by atoms with Crippen LogP contribution in [0, 0.1) is 0 Å². The fraction of sp³-hybridized carbons (Fsp3) is 0.263. The molecule has 0 atom stereocenters. The van der Waals surface area contributed by atoms with Crippen LogP contribution < -0.4 is 16.4 Å². The Labute approximate surface area is 142 Å². The predicted molar refractivity (Wildman–Crippen MR) is 96.8 cm³/mol. The van der Waals surface area contributed by atoms with Gasteiger partial charge in [0.25, 0.3) is 5.91 Å². The van der Waals surface area contributed by atoms with E-state index in [1.165, 1.54) is 0 Å². The van der Waals surface area contributed by atoms with Crippen molar-refractivity contribution in [3.8, 4) is 0 Å². The van der Waals surface area contributed by atoms with Gasteiger partial charge in [-0.1, -0.05) is 12.1 Å². The van der Waals surface area contributed by atoms with Crippen molar-refractivity contribution < 1.29 is 9.59 Å². The number of anilines is 2. The third-order valence-electron chi connectivity index (χ3n) is 3.26. The van der Waals surface area contributed by atoms with Gasteiger partial charge in [-0.3, -0.25) is 9.59 Å². The molecule has 2 rings (SSSR count). The molecule has 2 amide bonds. The van der Waals surface area contributed by atoms with Crippen molar-refractivity contribution in [2.75, 3.05) is 11.1 Å². The molecule has 0 aliphatic carbocycles. The van der Waals surface area contributed by atoms with Gasteiger partial charge >= 0.3 is 0 Å². The number of amides is 2. The molecule has 0 unspecified atom stereocenters. The molecule has 0 heterocycles. The van der Waals surface area contributed by atoms with E-state index in [2.05, 4.69) is 10.6 Å². The lowest BCUT2D eigenvalue weighted by molar-refractivity contribution is -0.115. The molecule has 0 aliphatic rings. The third-order valence-corrected chi connectivity index (χ3v) is 3.26. The summed E-state index contributed by atoms with van der Waals surface area (Å²) in [7, 11) is 0. The van der Waals surface area contributed by atoms with Crippen LogP contribution in [0.25, 0.3) is 0 Å². The maximum Gasteiger partial charge on any atom is 0.251 e. The number of rotatable bonds is 4. The van der Waals surface area contributed by atoms with Crippen molar-refractivity contribution in [2.45, 2.75) is 32.7 Å². The molecule has 0 saturated carbocycles. The smallest absolute Gasteiger partial charge is 0.251 e. The first-order valence-electron chi connectivity index (χ1n) is 7.80. The summed E-state index contributed by atoms with van der Waals surface area (Å²) in [5, 5.41) is 5.71. The van der Waals surface area contributed by atoms with Crippen molar-refractivity contribution in [3.05, 3.63) is 59.7 Å². The average molecular weight is 325 g/mol. The van der Waals surface area contributed by atoms with Crippen LogP contribution in [0.2, 0.25) is 0 Å². The van der Waals surface area contributed by atoms with E-state index in [1.807, 2.05) is 32.9 Å². The lowest BCUT2D eigenvalue weighted by Gasteiger charge is -2.20. The highest BCUT2D eigenvalue weighted by Crippen LogP contribution is 2.12. The van der Waals surface area contributed by atoms with E-state index in [1.54, 1.807) is 36.4 Å². The summed E-state index contributed by atoms with van der Waals surface area (Å²) in [6, 6.07) is 14.0. The first-order chi connectivity index (χ1) is 11.2. The molecule has 5 nitrogen and oxygen atoms in total. The number of carbonyl (C=O) groups is 2. The zero-order valence-corrected chi connectivity index (χ0v) is 14.2. The van der Waals surface area contributed by atoms with Crippen LogP contribution in [0.4, 0.5) is 11.4 Å². The predicted octanol–water partition coefficient (Wildman–Crippen LogP) is 2.98. The SMILES string of the molecule is CC(C)(C)NC(=O)c1ccc(NC(=O)Cc2ccc(N)cc2)cc1. The highest BCUT2D eigenvalue weighted by atomic mass is 16.2. The summed E-state index contributed by atoms with van der Waals surface area (Å²) in [5.41, 5.74) is 8.11. The molecule has 24 heavy (non-hydrogen) atoms. The van der Waals surface area contributed by atoms with E-state index in [-0.39, 0.29) is 23.8 Å². The van der Waals surface area contributed by atoms with Gasteiger partial charge in [-0.25, -0.2) is 0 Å². The number of benzene rings is 2. The molecule has 0 fully saturated rings. The van der Waals surface area contributed by atoms with Gasteiger partial charge in [0.1, 0.15) is 0 Å². The maximum absolute atomic E-state index is 12.1. The first-order valence-corrected chi connectivity index (χ1v) is 7.80. The van der Waals surface area contributed by atoms with Crippen LogP contribution in [-0.4, -0.2) is 17.4 Å². The molecule has 5 heteroatoms. The van der Waals surface area contributed by atoms with Gasteiger partial charge in [0, 0.05) is 22.5 Å². The Morgan fingerprint density at radius 3 is 2.08 bits per heavy atom. The van der Waals surface area contributed by atoms with E-state index < -0.39 is 0 Å². The van der Waals surface area contributed by atoms with Gasteiger partial charge in [-0.15, -0.1) is 0 Å². The molecule has 2 aromatic carbocycles. The second kappa shape index (κ2) is 7.17. The molecule has 0 spiro atoms. The molecule has 0 aliphatic heterocycles. The van der Waals surface area contributed by atoms with Gasteiger partial charge in [-0.2, -0.15) is 0 Å². The largest absolute Gasteiger partial charge is 0.399 e. The zero-order chi connectivity index (χ0) is 17.7. The van der Waals surface area contributed by atoms with E-state index in [0.29, 0.717) is 16.9 Å². The van der Waals surface area contributed by atoms with Gasteiger partial charge in [0.05, 0.1) is 6.42 Å². The number of nitrogens with one attached hydrogen (secondary N) is 2. The van der Waals surface area contributed by atoms with Crippen molar-refractivity contribution in [1.29, 1.82) is 0 Å². The van der Waals surface area contributed by atoms with Crippen LogP contribution in [0.3, 0.4) is 0 Å². The Balaban J connectivity index is 1.94. The molecular weight excluding hydrogens is 302 g/mol. The number of carbonyl (C=O) groups excluding carboxylic acids is 2. The standard InChI is InChI=1S/C19H23N3O2/c1-19(2,3)22-18(24)14-6-10-16(11-7-14)21-17(23)12-13-4-8-15(20)9-5-13/h4-11H,12,20H2,1-3H3,(H,21,23)(H,22,24). The molecule has 0 radical (unpaired) electrons. The molecule has 2 aromatic rings. The number of hydrogen-bond acceptors (Lipinski definition) is 3. The highest BCUT2D eigenvalue weighted by Gasteiger charge is 2.15. The minimum Gasteiger partial charge on any atom is -0.399 e. The van der Waals surface area contributed by atoms with Gasteiger partial charge in [0.2, 0.25) is 5.91 Å². The third kappa shape index (κ3) is 5.43. The van der Waals surface area contributed by atoms with Crippen LogP contribution in [0.1, 0.15) is 36.7 Å². The Morgan fingerprint density at radius 1 is 0.958 bits per heavy atom. The van der Waals surface area contributed by atoms with E-state index in [0.717, 1.165) is 5.56 Å². The monoisotopic (exact) mass is 325 g/mol. The minimum absolute atomic E-state index is 0.119. The van der Waals surface area contributed by atoms with Crippen LogP contribution in [0.5, 0.6) is 0 Å². The molecule has 0 saturated heterocycles. The Kier molecular flexibility index (Phi) is 5.24. The fourth-order valence-corrected chi connectivity index (χ4v) is 2.14. The van der Waals surface area contributed by atoms with Gasteiger partial charge < -0.3 is 16.4 Å². The van der Waals surface area contributed by atoms with E-state index in [9.17, 15) is 9.59 Å². The summed E-state index contributed by atoms with van der Waals surface area (Å²) in [6.45, 7) is 5.78. The Morgan fingerprint density at radius 2 is 1.54 bits per heavy atom. The first kappa shape index (κ1) is 17.5. The van der Waals surface area contributed by atoms with Crippen LogP contribution >= 0.6 is 0 Å². The van der Waals surface area contributed by atoms with Gasteiger partial charge in [-0.05, 0) is 62.7 Å². The lowest BCUT2D eigenvalue weighted by Crippen LogP contribution is -2.40. The van der Waals surface area contributed by atoms with Crippen LogP contribution in [-0.2, 0) is 11.2 Å². The van der Waals surface area contributed by atoms with Crippen LogP contribution in [0.15, 0.2) is 48.5 Å². The zero-order valence-electron chi connectivity index (χ0n) is 14.2. The fourth-order valence-electron chi connectivity index (χ4n) is 2.14. The Bertz CT molecular complexity index is 714. The van der Waals surface area contributed by atoms with Crippen molar-refractivity contribution in [3.63, 3.8) is 0 Å². The highest BCUT2D eigenvalue weighted by molar-refractivity contribution is 5.96. The van der Waals surface area contributed by atoms with Crippen molar-refractivity contribution in [1.82, 2.24) is 5.32 Å². The number of nitrogen functional groups attached to an aromatic ring is 1. The normalized spacial score (nSPS) is 11.0. The number of nitrogens with two attached hydrogens (primary N) is 1.